The zero-order valence-electron chi connectivity index (χ0n) is 12.1. The molecule has 0 radical (unpaired) electrons. The van der Waals surface area contributed by atoms with Crippen LogP contribution < -0.4 is 11.4 Å². The maximum atomic E-state index is 13.9. The maximum Gasteiger partial charge on any atom is 0.279 e. The van der Waals surface area contributed by atoms with E-state index in [1.54, 1.807) is 18.2 Å². The van der Waals surface area contributed by atoms with Crippen molar-refractivity contribution in [2.24, 2.45) is 0 Å². The SMILES string of the molecule is Nn1c(C2CC2)nc2ccc(-c3ccc(F)cc3F)cc2c1=O. The van der Waals surface area contributed by atoms with Gasteiger partial charge in [0.05, 0.1) is 10.9 Å². The molecule has 0 amide bonds. The standard InChI is InChI=1S/C17H13F2N3O/c18-11-4-5-12(14(19)8-11)10-3-6-15-13(7-10)17(23)22(20)16(21-15)9-1-2-9/h3-9H,1-2,20H2. The molecule has 0 aliphatic heterocycles. The fraction of sp³-hybridized carbons (Fsp3) is 0.176. The van der Waals surface area contributed by atoms with Crippen LogP contribution in [0.3, 0.4) is 0 Å². The summed E-state index contributed by atoms with van der Waals surface area (Å²) in [4.78, 5) is 16.9. The van der Waals surface area contributed by atoms with Crippen molar-refractivity contribution in [2.75, 3.05) is 5.84 Å². The summed E-state index contributed by atoms with van der Waals surface area (Å²) in [5, 5.41) is 0.318. The van der Waals surface area contributed by atoms with Crippen molar-refractivity contribution < 1.29 is 8.78 Å². The van der Waals surface area contributed by atoms with Gasteiger partial charge >= 0.3 is 0 Å². The van der Waals surface area contributed by atoms with Crippen molar-refractivity contribution in [1.29, 1.82) is 0 Å². The Hall–Kier alpha value is -2.76. The van der Waals surface area contributed by atoms with Crippen LogP contribution in [0.5, 0.6) is 0 Å². The average molecular weight is 313 g/mol. The van der Waals surface area contributed by atoms with Gasteiger partial charge in [0.1, 0.15) is 17.5 Å². The van der Waals surface area contributed by atoms with E-state index in [4.69, 9.17) is 5.84 Å². The lowest BCUT2D eigenvalue weighted by Gasteiger charge is -2.09. The largest absolute Gasteiger partial charge is 0.335 e. The number of benzene rings is 2. The summed E-state index contributed by atoms with van der Waals surface area (Å²) in [6.07, 6.45) is 1.96. The molecule has 23 heavy (non-hydrogen) atoms. The molecule has 0 atom stereocenters. The van der Waals surface area contributed by atoms with E-state index in [2.05, 4.69) is 4.98 Å². The molecule has 4 nitrogen and oxygen atoms in total. The van der Waals surface area contributed by atoms with Gasteiger partial charge in [-0.2, -0.15) is 0 Å². The molecule has 116 valence electrons. The van der Waals surface area contributed by atoms with E-state index in [0.717, 1.165) is 23.6 Å². The summed E-state index contributed by atoms with van der Waals surface area (Å²) in [5.41, 5.74) is 0.877. The number of hydrogen-bond acceptors (Lipinski definition) is 3. The van der Waals surface area contributed by atoms with Crippen molar-refractivity contribution in [3.63, 3.8) is 0 Å². The monoisotopic (exact) mass is 313 g/mol. The molecular weight excluding hydrogens is 300 g/mol. The van der Waals surface area contributed by atoms with Crippen LogP contribution in [0.1, 0.15) is 24.6 Å². The molecule has 6 heteroatoms. The van der Waals surface area contributed by atoms with Crippen LogP contribution in [-0.4, -0.2) is 9.66 Å². The van der Waals surface area contributed by atoms with Crippen LogP contribution in [-0.2, 0) is 0 Å². The second-order valence-corrected chi connectivity index (χ2v) is 5.78. The molecule has 1 fully saturated rings. The van der Waals surface area contributed by atoms with E-state index < -0.39 is 11.6 Å². The van der Waals surface area contributed by atoms with Gasteiger partial charge in [0.15, 0.2) is 0 Å². The Morgan fingerprint density at radius 2 is 1.91 bits per heavy atom. The molecule has 1 aliphatic carbocycles. The van der Waals surface area contributed by atoms with Crippen molar-refractivity contribution in [2.45, 2.75) is 18.8 Å². The van der Waals surface area contributed by atoms with E-state index in [0.29, 0.717) is 22.3 Å². The number of rotatable bonds is 2. The van der Waals surface area contributed by atoms with Gasteiger partial charge in [0, 0.05) is 17.5 Å². The van der Waals surface area contributed by atoms with Crippen LogP contribution in [0, 0.1) is 11.6 Å². The summed E-state index contributed by atoms with van der Waals surface area (Å²) in [6.45, 7) is 0. The summed E-state index contributed by atoms with van der Waals surface area (Å²) in [7, 11) is 0. The third-order valence-electron chi connectivity index (χ3n) is 4.11. The number of hydrogen-bond donors (Lipinski definition) is 1. The Morgan fingerprint density at radius 1 is 1.13 bits per heavy atom. The van der Waals surface area contributed by atoms with E-state index in [9.17, 15) is 13.6 Å². The fourth-order valence-corrected chi connectivity index (χ4v) is 2.74. The van der Waals surface area contributed by atoms with Crippen LogP contribution in [0.2, 0.25) is 0 Å². The Bertz CT molecular complexity index is 993. The first-order chi connectivity index (χ1) is 11.0. The normalized spacial score (nSPS) is 14.3. The highest BCUT2D eigenvalue weighted by atomic mass is 19.1. The first-order valence-electron chi connectivity index (χ1n) is 7.32. The Kier molecular flexibility index (Phi) is 2.94. The van der Waals surface area contributed by atoms with Gasteiger partial charge in [0.25, 0.3) is 5.56 Å². The molecule has 0 bridgehead atoms. The predicted octanol–water partition coefficient (Wildman–Crippen LogP) is 2.93. The maximum absolute atomic E-state index is 13.9. The Labute approximate surface area is 130 Å². The lowest BCUT2D eigenvalue weighted by molar-refractivity contribution is 0.585. The first-order valence-corrected chi connectivity index (χ1v) is 7.32. The van der Waals surface area contributed by atoms with Crippen molar-refractivity contribution in [3.8, 4) is 11.1 Å². The lowest BCUT2D eigenvalue weighted by Crippen LogP contribution is -2.31. The number of nitrogens with two attached hydrogens (primary N) is 1. The highest BCUT2D eigenvalue weighted by molar-refractivity contribution is 5.84. The number of halogens is 2. The molecule has 1 aliphatic rings. The summed E-state index contributed by atoms with van der Waals surface area (Å²) >= 11 is 0. The molecule has 0 spiro atoms. The van der Waals surface area contributed by atoms with Crippen molar-refractivity contribution in [3.05, 3.63) is 64.2 Å². The van der Waals surface area contributed by atoms with Crippen molar-refractivity contribution in [1.82, 2.24) is 9.66 Å². The molecule has 4 rings (SSSR count). The van der Waals surface area contributed by atoms with E-state index in [1.807, 2.05) is 0 Å². The Balaban J connectivity index is 1.92. The zero-order chi connectivity index (χ0) is 16.1. The minimum absolute atomic E-state index is 0.225. The molecule has 3 aromatic rings. The van der Waals surface area contributed by atoms with Gasteiger partial charge in [0.2, 0.25) is 0 Å². The number of fused-ring (bicyclic) bond motifs is 1. The first kappa shape index (κ1) is 13.9. The van der Waals surface area contributed by atoms with Crippen molar-refractivity contribution >= 4 is 10.9 Å². The van der Waals surface area contributed by atoms with Gasteiger partial charge in [-0.25, -0.2) is 18.4 Å². The quantitative estimate of drug-likeness (QED) is 0.740. The number of aromatic nitrogens is 2. The van der Waals surface area contributed by atoms with Crippen LogP contribution in [0.4, 0.5) is 8.78 Å². The minimum Gasteiger partial charge on any atom is -0.335 e. The van der Waals surface area contributed by atoms with Gasteiger partial charge in [-0.3, -0.25) is 4.79 Å². The van der Waals surface area contributed by atoms with Gasteiger partial charge in [-0.05, 0) is 42.7 Å². The molecule has 0 unspecified atom stereocenters. The van der Waals surface area contributed by atoms with Crippen LogP contribution in [0.15, 0.2) is 41.2 Å². The van der Waals surface area contributed by atoms with Gasteiger partial charge in [-0.15, -0.1) is 0 Å². The van der Waals surface area contributed by atoms with Crippen LogP contribution >= 0.6 is 0 Å². The highest BCUT2D eigenvalue weighted by Crippen LogP contribution is 2.38. The Morgan fingerprint density at radius 3 is 2.61 bits per heavy atom. The van der Waals surface area contributed by atoms with Gasteiger partial charge < -0.3 is 5.84 Å². The second kappa shape index (κ2) is 4.87. The summed E-state index contributed by atoms with van der Waals surface area (Å²) < 4.78 is 28.0. The number of nitrogen functional groups attached to an aromatic ring is 1. The molecular formula is C17H13F2N3O. The molecule has 0 saturated heterocycles. The molecule has 2 N–H and O–H groups in total. The number of nitrogens with zero attached hydrogens (tertiary/aromatic N) is 2. The molecule has 1 aromatic heterocycles. The zero-order valence-corrected chi connectivity index (χ0v) is 12.1. The van der Waals surface area contributed by atoms with E-state index in [-0.39, 0.29) is 17.0 Å². The third kappa shape index (κ3) is 2.27. The third-order valence-corrected chi connectivity index (χ3v) is 4.11. The smallest absolute Gasteiger partial charge is 0.279 e. The van der Waals surface area contributed by atoms with E-state index >= 15 is 0 Å². The summed E-state index contributed by atoms with van der Waals surface area (Å²) in [5.74, 6) is 5.35. The fourth-order valence-electron chi connectivity index (χ4n) is 2.74. The topological polar surface area (TPSA) is 60.9 Å². The second-order valence-electron chi connectivity index (χ2n) is 5.78. The predicted molar refractivity (Wildman–Crippen MR) is 83.5 cm³/mol. The summed E-state index contributed by atoms with van der Waals surface area (Å²) in [6, 6.07) is 8.22. The average Bonchev–Trinajstić information content (AvgIpc) is 3.35. The van der Waals surface area contributed by atoms with E-state index in [1.165, 1.54) is 12.1 Å². The minimum atomic E-state index is -0.681. The lowest BCUT2D eigenvalue weighted by atomic mass is 10.0. The molecule has 2 aromatic carbocycles. The molecule has 1 saturated carbocycles. The van der Waals surface area contributed by atoms with Gasteiger partial charge in [-0.1, -0.05) is 6.07 Å². The van der Waals surface area contributed by atoms with Crippen LogP contribution in [0.25, 0.3) is 22.0 Å². The molecule has 1 heterocycles. The highest BCUT2D eigenvalue weighted by Gasteiger charge is 2.29.